The zero-order valence-electron chi connectivity index (χ0n) is 11.9. The molecule has 102 valence electrons. The Labute approximate surface area is 120 Å². The van der Waals surface area contributed by atoms with Crippen LogP contribution in [0.25, 0.3) is 0 Å². The van der Waals surface area contributed by atoms with Crippen molar-refractivity contribution < 1.29 is 5.11 Å². The van der Waals surface area contributed by atoms with Crippen molar-refractivity contribution in [2.75, 3.05) is 18.6 Å². The molecule has 0 aliphatic carbocycles. The third-order valence-corrected chi connectivity index (χ3v) is 3.16. The highest BCUT2D eigenvalue weighted by atomic mass is 16.2. The summed E-state index contributed by atoms with van der Waals surface area (Å²) >= 11 is 0. The lowest BCUT2D eigenvalue weighted by atomic mass is 10.1. The van der Waals surface area contributed by atoms with E-state index in [2.05, 4.69) is 67.1 Å². The van der Waals surface area contributed by atoms with E-state index in [1.165, 1.54) is 16.8 Å². The largest absolute Gasteiger partial charge is 0.384 e. The van der Waals surface area contributed by atoms with Crippen LogP contribution in [0.2, 0.25) is 0 Å². The average Bonchev–Trinajstić information content (AvgIpc) is 2.47. The fraction of sp³-hybridized carbons (Fsp3) is 0.222. The zero-order chi connectivity index (χ0) is 14.4. The van der Waals surface area contributed by atoms with Gasteiger partial charge >= 0.3 is 0 Å². The maximum Gasteiger partial charge on any atom is 0.104 e. The molecule has 2 aromatic carbocycles. The summed E-state index contributed by atoms with van der Waals surface area (Å²) in [7, 11) is 2.09. The summed E-state index contributed by atoms with van der Waals surface area (Å²) < 4.78 is 0. The van der Waals surface area contributed by atoms with Gasteiger partial charge in [-0.1, -0.05) is 41.7 Å². The van der Waals surface area contributed by atoms with E-state index in [-0.39, 0.29) is 6.61 Å². The van der Waals surface area contributed by atoms with E-state index in [0.29, 0.717) is 0 Å². The molecule has 0 heterocycles. The van der Waals surface area contributed by atoms with Crippen LogP contribution in [-0.2, 0) is 6.54 Å². The van der Waals surface area contributed by atoms with E-state index < -0.39 is 0 Å². The molecule has 0 radical (unpaired) electrons. The topological polar surface area (TPSA) is 23.5 Å². The molecule has 0 bridgehead atoms. The first-order chi connectivity index (χ1) is 9.69. The summed E-state index contributed by atoms with van der Waals surface area (Å²) in [4.78, 5) is 2.22. The lowest BCUT2D eigenvalue weighted by Crippen LogP contribution is -2.16. The highest BCUT2D eigenvalue weighted by molar-refractivity contribution is 5.47. The van der Waals surface area contributed by atoms with E-state index in [0.717, 1.165) is 12.1 Å². The van der Waals surface area contributed by atoms with E-state index in [1.54, 1.807) is 0 Å². The minimum Gasteiger partial charge on any atom is -0.384 e. The number of aliphatic hydroxyl groups excluding tert-OH is 1. The van der Waals surface area contributed by atoms with Crippen molar-refractivity contribution in [2.24, 2.45) is 0 Å². The molecule has 0 unspecified atom stereocenters. The van der Waals surface area contributed by atoms with Gasteiger partial charge in [-0.25, -0.2) is 0 Å². The smallest absolute Gasteiger partial charge is 0.104 e. The second kappa shape index (κ2) is 6.79. The number of nitrogens with zero attached hydrogens (tertiary/aromatic N) is 1. The SMILES string of the molecule is Cc1ccc(N(C)Cc2ccc(C#CCO)cc2)cc1. The maximum atomic E-state index is 8.67. The molecule has 0 aliphatic heterocycles. The van der Waals surface area contributed by atoms with Crippen molar-refractivity contribution in [1.29, 1.82) is 0 Å². The number of benzene rings is 2. The van der Waals surface area contributed by atoms with Gasteiger partial charge in [0, 0.05) is 24.8 Å². The minimum atomic E-state index is -0.0993. The first-order valence-electron chi connectivity index (χ1n) is 6.65. The summed E-state index contributed by atoms with van der Waals surface area (Å²) in [6.07, 6.45) is 0. The molecule has 2 aromatic rings. The Kier molecular flexibility index (Phi) is 4.81. The summed E-state index contributed by atoms with van der Waals surface area (Å²) in [6.45, 7) is 2.85. The fourth-order valence-electron chi connectivity index (χ4n) is 2.00. The van der Waals surface area contributed by atoms with Crippen LogP contribution in [-0.4, -0.2) is 18.8 Å². The number of rotatable bonds is 3. The van der Waals surface area contributed by atoms with Gasteiger partial charge in [0.2, 0.25) is 0 Å². The molecule has 0 amide bonds. The molecule has 2 rings (SSSR count). The van der Waals surface area contributed by atoms with Crippen molar-refractivity contribution >= 4 is 5.69 Å². The second-order valence-corrected chi connectivity index (χ2v) is 4.85. The summed E-state index contributed by atoms with van der Waals surface area (Å²) in [5.41, 5.74) is 4.65. The van der Waals surface area contributed by atoms with Crippen LogP contribution < -0.4 is 4.90 Å². The molecule has 1 N–H and O–H groups in total. The Balaban J connectivity index is 2.04. The summed E-state index contributed by atoms with van der Waals surface area (Å²) in [5.74, 6) is 5.55. The molecule has 2 nitrogen and oxygen atoms in total. The third kappa shape index (κ3) is 3.88. The quantitative estimate of drug-likeness (QED) is 0.862. The zero-order valence-corrected chi connectivity index (χ0v) is 11.9. The molecule has 0 fully saturated rings. The highest BCUT2D eigenvalue weighted by Crippen LogP contribution is 2.16. The van der Waals surface area contributed by atoms with E-state index in [4.69, 9.17) is 5.11 Å². The molecular weight excluding hydrogens is 246 g/mol. The molecule has 0 aromatic heterocycles. The Morgan fingerprint density at radius 3 is 2.25 bits per heavy atom. The molecule has 20 heavy (non-hydrogen) atoms. The fourth-order valence-corrected chi connectivity index (χ4v) is 2.00. The van der Waals surface area contributed by atoms with Gasteiger partial charge in [-0.3, -0.25) is 0 Å². The average molecular weight is 265 g/mol. The van der Waals surface area contributed by atoms with Gasteiger partial charge in [0.05, 0.1) is 0 Å². The standard InChI is InChI=1S/C18H19NO/c1-15-5-11-18(12-6-15)19(2)14-17-9-7-16(8-10-17)4-3-13-20/h5-12,20H,13-14H2,1-2H3. The van der Waals surface area contributed by atoms with Crippen LogP contribution in [0.15, 0.2) is 48.5 Å². The normalized spacial score (nSPS) is 9.75. The third-order valence-electron chi connectivity index (χ3n) is 3.16. The van der Waals surface area contributed by atoms with Crippen LogP contribution in [0.1, 0.15) is 16.7 Å². The molecule has 2 heteroatoms. The van der Waals surface area contributed by atoms with Gasteiger partial charge in [0.1, 0.15) is 6.61 Å². The van der Waals surface area contributed by atoms with Crippen molar-refractivity contribution in [1.82, 2.24) is 0 Å². The van der Waals surface area contributed by atoms with Crippen LogP contribution in [0.4, 0.5) is 5.69 Å². The lowest BCUT2D eigenvalue weighted by molar-refractivity contribution is 0.350. The number of anilines is 1. The Hall–Kier alpha value is -2.24. The Morgan fingerprint density at radius 1 is 1.00 bits per heavy atom. The van der Waals surface area contributed by atoms with Crippen LogP contribution >= 0.6 is 0 Å². The predicted molar refractivity (Wildman–Crippen MR) is 83.7 cm³/mol. The van der Waals surface area contributed by atoms with Gasteiger partial charge in [-0.05, 0) is 36.8 Å². The predicted octanol–water partition coefficient (Wildman–Crippen LogP) is 2.98. The summed E-state index contributed by atoms with van der Waals surface area (Å²) in [5, 5.41) is 8.67. The van der Waals surface area contributed by atoms with E-state index in [9.17, 15) is 0 Å². The van der Waals surface area contributed by atoms with Crippen molar-refractivity contribution in [3.05, 3.63) is 65.2 Å². The molecule has 0 atom stereocenters. The molecule has 0 aliphatic rings. The van der Waals surface area contributed by atoms with Gasteiger partial charge in [0.15, 0.2) is 0 Å². The number of hydrogen-bond acceptors (Lipinski definition) is 2. The Morgan fingerprint density at radius 2 is 1.65 bits per heavy atom. The lowest BCUT2D eigenvalue weighted by Gasteiger charge is -2.19. The van der Waals surface area contributed by atoms with Gasteiger partial charge in [-0.2, -0.15) is 0 Å². The van der Waals surface area contributed by atoms with E-state index >= 15 is 0 Å². The molecular formula is C18H19NO. The van der Waals surface area contributed by atoms with Gasteiger partial charge in [-0.15, -0.1) is 0 Å². The first kappa shape index (κ1) is 14.2. The maximum absolute atomic E-state index is 8.67. The van der Waals surface area contributed by atoms with Crippen LogP contribution in [0, 0.1) is 18.8 Å². The molecule has 0 saturated heterocycles. The van der Waals surface area contributed by atoms with Gasteiger partial charge < -0.3 is 10.0 Å². The van der Waals surface area contributed by atoms with Crippen molar-refractivity contribution in [3.63, 3.8) is 0 Å². The second-order valence-electron chi connectivity index (χ2n) is 4.85. The highest BCUT2D eigenvalue weighted by Gasteiger charge is 2.01. The number of hydrogen-bond donors (Lipinski definition) is 1. The van der Waals surface area contributed by atoms with Crippen molar-refractivity contribution in [2.45, 2.75) is 13.5 Å². The van der Waals surface area contributed by atoms with Crippen molar-refractivity contribution in [3.8, 4) is 11.8 Å². The molecule has 0 spiro atoms. The monoisotopic (exact) mass is 265 g/mol. The minimum absolute atomic E-state index is 0.0993. The van der Waals surface area contributed by atoms with Crippen LogP contribution in [0.5, 0.6) is 0 Å². The first-order valence-corrected chi connectivity index (χ1v) is 6.65. The molecule has 0 saturated carbocycles. The number of aryl methyl sites for hydroxylation is 1. The van der Waals surface area contributed by atoms with E-state index in [1.807, 2.05) is 12.1 Å². The number of aliphatic hydroxyl groups is 1. The Bertz CT molecular complexity index is 603. The van der Waals surface area contributed by atoms with Crippen LogP contribution in [0.3, 0.4) is 0 Å². The summed E-state index contributed by atoms with van der Waals surface area (Å²) in [6, 6.07) is 16.6. The van der Waals surface area contributed by atoms with Gasteiger partial charge in [0.25, 0.3) is 0 Å².